The third-order valence-electron chi connectivity index (χ3n) is 8.77. The molecule has 6 rings (SSSR count). The summed E-state index contributed by atoms with van der Waals surface area (Å²) < 4.78 is 50.7. The van der Waals surface area contributed by atoms with Gasteiger partial charge in [-0.1, -0.05) is 6.07 Å². The van der Waals surface area contributed by atoms with E-state index in [4.69, 9.17) is 19.3 Å². The fourth-order valence-electron chi connectivity index (χ4n) is 6.57. The first-order valence-electron chi connectivity index (χ1n) is 16.8. The van der Waals surface area contributed by atoms with Gasteiger partial charge >= 0.3 is 6.61 Å². The lowest BCUT2D eigenvalue weighted by Gasteiger charge is -2.42. The number of hydrogen-bond acceptors (Lipinski definition) is 13. The van der Waals surface area contributed by atoms with Crippen molar-refractivity contribution in [2.45, 2.75) is 90.0 Å². The summed E-state index contributed by atoms with van der Waals surface area (Å²) in [5, 5.41) is 28.6. The smallest absolute Gasteiger partial charge is 0.345 e. The Morgan fingerprint density at radius 3 is 2.46 bits per heavy atom. The van der Waals surface area contributed by atoms with Crippen molar-refractivity contribution in [1.29, 1.82) is 5.26 Å². The molecule has 2 aliphatic rings. The van der Waals surface area contributed by atoms with E-state index in [-0.39, 0.29) is 43.4 Å². The highest BCUT2D eigenvalue weighted by atomic mass is 19.3. The van der Waals surface area contributed by atoms with Crippen LogP contribution in [-0.2, 0) is 16.0 Å². The van der Waals surface area contributed by atoms with E-state index in [1.54, 1.807) is 35.3 Å². The second kappa shape index (κ2) is 16.3. The molecule has 1 saturated heterocycles. The van der Waals surface area contributed by atoms with Gasteiger partial charge in [0, 0.05) is 37.1 Å². The Balaban J connectivity index is 1.13. The molecule has 15 nitrogen and oxygen atoms in total. The van der Waals surface area contributed by atoms with Crippen molar-refractivity contribution >= 4 is 11.6 Å². The zero-order chi connectivity index (χ0) is 35.0. The van der Waals surface area contributed by atoms with Crippen LogP contribution in [-0.4, -0.2) is 102 Å². The van der Waals surface area contributed by atoms with Crippen LogP contribution in [0.25, 0.3) is 11.1 Å². The Hall–Kier alpha value is -4.79. The Labute approximate surface area is 288 Å². The summed E-state index contributed by atoms with van der Waals surface area (Å²) in [6.07, 6.45) is 10.8. The van der Waals surface area contributed by atoms with Crippen LogP contribution in [0.3, 0.4) is 0 Å². The number of benzene rings is 1. The normalized spacial score (nSPS) is 21.9. The third-order valence-corrected chi connectivity index (χ3v) is 8.77. The molecule has 3 aromatic heterocycles. The maximum absolute atomic E-state index is 12.6. The SMILES string of the molecule is C[C@@H]1CN([C@H]2CC[C@H](n3cc(Nc4ncc(-c5ccc(C#N)c(O[C@@H](C)Cn6cnnn6)c5)cn4)c(OCCOC(F)F)n3)CC2)C[C@H](C)O1. The molecular formula is C33H41F2N11O4. The summed E-state index contributed by atoms with van der Waals surface area (Å²) >= 11 is 0. The first-order chi connectivity index (χ1) is 24.2. The van der Waals surface area contributed by atoms with Gasteiger partial charge in [-0.2, -0.15) is 14.0 Å². The molecule has 0 spiro atoms. The molecule has 0 radical (unpaired) electrons. The van der Waals surface area contributed by atoms with Crippen LogP contribution in [0, 0.1) is 11.3 Å². The fraction of sp³-hybridized carbons (Fsp3) is 0.545. The van der Waals surface area contributed by atoms with Gasteiger partial charge in [-0.25, -0.2) is 14.6 Å². The maximum atomic E-state index is 12.6. The van der Waals surface area contributed by atoms with Crippen LogP contribution < -0.4 is 14.8 Å². The zero-order valence-electron chi connectivity index (χ0n) is 28.2. The van der Waals surface area contributed by atoms with Gasteiger partial charge in [-0.15, -0.1) is 10.2 Å². The van der Waals surface area contributed by atoms with Crippen molar-refractivity contribution in [2.24, 2.45) is 0 Å². The Morgan fingerprint density at radius 1 is 1.04 bits per heavy atom. The molecule has 1 aliphatic carbocycles. The van der Waals surface area contributed by atoms with Gasteiger partial charge in [0.1, 0.15) is 36.5 Å². The van der Waals surface area contributed by atoms with Crippen LogP contribution in [0.5, 0.6) is 11.6 Å². The van der Waals surface area contributed by atoms with Crippen molar-refractivity contribution in [3.8, 4) is 28.8 Å². The number of nitrogens with one attached hydrogen (secondary N) is 1. The van der Waals surface area contributed by atoms with Gasteiger partial charge in [-0.3, -0.25) is 9.58 Å². The lowest BCUT2D eigenvalue weighted by molar-refractivity contribution is -0.133. The molecule has 0 bridgehead atoms. The molecule has 50 heavy (non-hydrogen) atoms. The highest BCUT2D eigenvalue weighted by Crippen LogP contribution is 2.35. The first-order valence-corrected chi connectivity index (χ1v) is 16.8. The molecular weight excluding hydrogens is 652 g/mol. The number of tetrazole rings is 1. The summed E-state index contributed by atoms with van der Waals surface area (Å²) in [5.41, 5.74) is 2.36. The lowest BCUT2D eigenvalue weighted by Crippen LogP contribution is -2.51. The minimum absolute atomic E-state index is 0.104. The van der Waals surface area contributed by atoms with E-state index in [2.05, 4.69) is 60.4 Å². The number of alkyl halides is 2. The summed E-state index contributed by atoms with van der Waals surface area (Å²) in [4.78, 5) is 11.6. The van der Waals surface area contributed by atoms with E-state index in [9.17, 15) is 14.0 Å². The maximum Gasteiger partial charge on any atom is 0.345 e. The molecule has 4 aromatic rings. The van der Waals surface area contributed by atoms with E-state index in [1.165, 1.54) is 6.33 Å². The minimum Gasteiger partial charge on any atom is -0.487 e. The molecule has 1 aliphatic heterocycles. The number of aromatic nitrogens is 8. The Morgan fingerprint density at radius 2 is 1.78 bits per heavy atom. The molecule has 4 heterocycles. The molecule has 17 heteroatoms. The Bertz CT molecular complexity index is 1700. The number of morpholine rings is 1. The topological polar surface area (TPSA) is 163 Å². The predicted octanol–water partition coefficient (Wildman–Crippen LogP) is 4.62. The standard InChI is InChI=1S/C33H41F2N11O4/c1-21-16-44(17-22(2)49-21)27-6-8-28(9-7-27)46-19-29(31(41-46)47-10-11-48-32(34)35)40-33-37-14-26(15-38-33)24-4-5-25(13-36)30(12-24)50-23(3)18-45-20-39-42-43-45/h4-5,12,14-15,19-23,27-28,32H,6-11,16-18H2,1-3H3,(H,37,38,40)/t21-,22+,23-,27-,28-/m0/s1. The van der Waals surface area contributed by atoms with E-state index in [1.807, 2.05) is 17.8 Å². The second-order valence-corrected chi connectivity index (χ2v) is 12.7. The molecule has 1 saturated carbocycles. The molecule has 0 unspecified atom stereocenters. The summed E-state index contributed by atoms with van der Waals surface area (Å²) in [6, 6.07) is 8.08. The van der Waals surface area contributed by atoms with Gasteiger partial charge in [-0.05, 0) is 74.6 Å². The van der Waals surface area contributed by atoms with Crippen LogP contribution in [0.4, 0.5) is 20.4 Å². The zero-order valence-corrected chi connectivity index (χ0v) is 28.2. The largest absolute Gasteiger partial charge is 0.487 e. The summed E-state index contributed by atoms with van der Waals surface area (Å²) in [6.45, 7) is 5.12. The molecule has 2 fully saturated rings. The number of hydrogen-bond donors (Lipinski definition) is 1. The van der Waals surface area contributed by atoms with Crippen molar-refractivity contribution < 1.29 is 27.7 Å². The molecule has 1 aromatic carbocycles. The molecule has 266 valence electrons. The summed E-state index contributed by atoms with van der Waals surface area (Å²) in [7, 11) is 0. The van der Waals surface area contributed by atoms with Gasteiger partial charge in [0.2, 0.25) is 5.95 Å². The number of ether oxygens (including phenoxy) is 4. The minimum atomic E-state index is -2.88. The molecule has 0 amide bonds. The van der Waals surface area contributed by atoms with Crippen LogP contribution in [0.2, 0.25) is 0 Å². The second-order valence-electron chi connectivity index (χ2n) is 12.7. The molecule has 1 N–H and O–H groups in total. The van der Waals surface area contributed by atoms with Crippen molar-refractivity contribution in [3.63, 3.8) is 0 Å². The average Bonchev–Trinajstić information content (AvgIpc) is 3.76. The number of nitrogens with zero attached hydrogens (tertiary/aromatic N) is 10. The van der Waals surface area contributed by atoms with E-state index in [0.717, 1.165) is 44.3 Å². The van der Waals surface area contributed by atoms with Gasteiger partial charge < -0.3 is 24.3 Å². The highest BCUT2D eigenvalue weighted by molar-refractivity contribution is 5.67. The highest BCUT2D eigenvalue weighted by Gasteiger charge is 2.32. The number of nitriles is 1. The van der Waals surface area contributed by atoms with Crippen molar-refractivity contribution in [2.75, 3.05) is 31.6 Å². The predicted molar refractivity (Wildman–Crippen MR) is 176 cm³/mol. The van der Waals surface area contributed by atoms with Crippen LogP contribution >= 0.6 is 0 Å². The fourth-order valence-corrected chi connectivity index (χ4v) is 6.57. The van der Waals surface area contributed by atoms with Gasteiger partial charge in [0.25, 0.3) is 5.88 Å². The number of anilines is 2. The lowest BCUT2D eigenvalue weighted by atomic mass is 9.89. The van der Waals surface area contributed by atoms with Gasteiger partial charge in [0.05, 0.1) is 43.2 Å². The average molecular weight is 694 g/mol. The quantitative estimate of drug-likeness (QED) is 0.182. The van der Waals surface area contributed by atoms with Gasteiger partial charge in [0.15, 0.2) is 0 Å². The first kappa shape index (κ1) is 35.1. The Kier molecular flexibility index (Phi) is 11.4. The van der Waals surface area contributed by atoms with E-state index >= 15 is 0 Å². The number of rotatable bonds is 14. The monoisotopic (exact) mass is 693 g/mol. The van der Waals surface area contributed by atoms with Crippen LogP contribution in [0.15, 0.2) is 43.1 Å². The van der Waals surface area contributed by atoms with Crippen LogP contribution in [0.1, 0.15) is 58.1 Å². The summed E-state index contributed by atoms with van der Waals surface area (Å²) in [5.74, 6) is 0.959. The van der Waals surface area contributed by atoms with E-state index in [0.29, 0.717) is 41.1 Å². The third kappa shape index (κ3) is 9.05. The number of halogens is 2. The van der Waals surface area contributed by atoms with E-state index < -0.39 is 6.61 Å². The van der Waals surface area contributed by atoms with Crippen molar-refractivity contribution in [3.05, 3.63) is 48.7 Å². The van der Waals surface area contributed by atoms with Crippen molar-refractivity contribution in [1.82, 2.24) is 44.9 Å². The molecule has 3 atom stereocenters.